The van der Waals surface area contributed by atoms with Crippen LogP contribution in [-0.4, -0.2) is 22.6 Å². The van der Waals surface area contributed by atoms with Crippen LogP contribution in [0.3, 0.4) is 0 Å². The van der Waals surface area contributed by atoms with Gasteiger partial charge in [0.1, 0.15) is 11.3 Å². The Morgan fingerprint density at radius 1 is 1.52 bits per heavy atom. The van der Waals surface area contributed by atoms with Crippen molar-refractivity contribution >= 4 is 11.7 Å². The average molecular weight is 292 g/mol. The van der Waals surface area contributed by atoms with Crippen LogP contribution in [0.1, 0.15) is 37.0 Å². The summed E-state index contributed by atoms with van der Waals surface area (Å²) >= 11 is 0. The van der Waals surface area contributed by atoms with Crippen LogP contribution >= 0.6 is 0 Å². The smallest absolute Gasteiger partial charge is 0.339 e. The number of nitriles is 1. The molecule has 0 aliphatic heterocycles. The first-order chi connectivity index (χ1) is 9.76. The van der Waals surface area contributed by atoms with Crippen LogP contribution in [0, 0.1) is 26.9 Å². The van der Waals surface area contributed by atoms with Crippen molar-refractivity contribution in [2.75, 3.05) is 6.61 Å². The van der Waals surface area contributed by atoms with Gasteiger partial charge in [0, 0.05) is 12.1 Å². The molecule has 0 bridgehead atoms. The van der Waals surface area contributed by atoms with E-state index < -0.39 is 16.3 Å². The molecule has 0 saturated heterocycles. The number of nitrogens with zero attached hydrogens (tertiary/aromatic N) is 2. The molecule has 0 aliphatic rings. The molecule has 0 saturated carbocycles. The van der Waals surface area contributed by atoms with Crippen LogP contribution in [0.4, 0.5) is 5.69 Å². The number of aromatic carboxylic acids is 1. The summed E-state index contributed by atoms with van der Waals surface area (Å²) in [6.45, 7) is 3.85. The van der Waals surface area contributed by atoms with Gasteiger partial charge in [0.05, 0.1) is 23.0 Å². The van der Waals surface area contributed by atoms with Gasteiger partial charge >= 0.3 is 5.97 Å². The lowest BCUT2D eigenvalue weighted by Crippen LogP contribution is -2.11. The normalized spacial score (nSPS) is 10.7. The molecule has 0 amide bonds. The summed E-state index contributed by atoms with van der Waals surface area (Å²) in [5.41, 5.74) is -1.01. The number of carboxylic acid groups (broad SMARTS) is 1. The van der Waals surface area contributed by atoms with Crippen molar-refractivity contribution in [1.29, 1.82) is 5.26 Å². The molecule has 0 radical (unpaired) electrons. The third-order valence-electron chi connectivity index (χ3n) is 2.91. The first-order valence-electron chi connectivity index (χ1n) is 6.32. The van der Waals surface area contributed by atoms with Crippen molar-refractivity contribution in [1.82, 2.24) is 0 Å². The van der Waals surface area contributed by atoms with Gasteiger partial charge in [0.25, 0.3) is 5.69 Å². The lowest BCUT2D eigenvalue weighted by atomic mass is 9.90. The van der Waals surface area contributed by atoms with Crippen LogP contribution in [0.25, 0.3) is 0 Å². The fourth-order valence-corrected chi connectivity index (χ4v) is 1.68. The second kappa shape index (κ2) is 6.70. The van der Waals surface area contributed by atoms with E-state index in [-0.39, 0.29) is 23.6 Å². The van der Waals surface area contributed by atoms with Gasteiger partial charge < -0.3 is 9.84 Å². The maximum Gasteiger partial charge on any atom is 0.339 e. The molecule has 0 aromatic heterocycles. The van der Waals surface area contributed by atoms with Gasteiger partial charge in [0.2, 0.25) is 0 Å². The monoisotopic (exact) mass is 292 g/mol. The second-order valence-corrected chi connectivity index (χ2v) is 5.19. The third-order valence-corrected chi connectivity index (χ3v) is 2.91. The Hall–Kier alpha value is -2.62. The van der Waals surface area contributed by atoms with Crippen molar-refractivity contribution in [3.63, 3.8) is 0 Å². The molecule has 1 rings (SSSR count). The van der Waals surface area contributed by atoms with Crippen LogP contribution in [0.2, 0.25) is 0 Å². The molecule has 7 nitrogen and oxygen atoms in total. The Bertz CT molecular complexity index is 590. The molecule has 0 aliphatic carbocycles. The summed E-state index contributed by atoms with van der Waals surface area (Å²) in [6, 6.07) is 5.60. The molecule has 1 aromatic carbocycles. The van der Waals surface area contributed by atoms with Crippen molar-refractivity contribution in [2.24, 2.45) is 5.41 Å². The van der Waals surface area contributed by atoms with Crippen molar-refractivity contribution < 1.29 is 19.6 Å². The van der Waals surface area contributed by atoms with E-state index in [0.717, 1.165) is 6.07 Å². The minimum atomic E-state index is -1.29. The average Bonchev–Trinajstić information content (AvgIpc) is 2.43. The molecule has 0 atom stereocenters. The van der Waals surface area contributed by atoms with Gasteiger partial charge in [-0.25, -0.2) is 4.79 Å². The predicted molar refractivity (Wildman–Crippen MR) is 74.2 cm³/mol. The van der Waals surface area contributed by atoms with Gasteiger partial charge in [-0.3, -0.25) is 10.1 Å². The summed E-state index contributed by atoms with van der Waals surface area (Å²) in [6.07, 6.45) is 1.19. The highest BCUT2D eigenvalue weighted by atomic mass is 16.6. The van der Waals surface area contributed by atoms with E-state index in [1.807, 2.05) is 13.8 Å². The summed E-state index contributed by atoms with van der Waals surface area (Å²) in [7, 11) is 0. The molecule has 1 aromatic rings. The Morgan fingerprint density at radius 2 is 2.19 bits per heavy atom. The van der Waals surface area contributed by atoms with Gasteiger partial charge in [-0.1, -0.05) is 0 Å². The van der Waals surface area contributed by atoms with Gasteiger partial charge in [-0.05, 0) is 32.8 Å². The molecular formula is C14H16N2O5. The molecular weight excluding hydrogens is 276 g/mol. The third kappa shape index (κ3) is 4.76. The zero-order valence-electron chi connectivity index (χ0n) is 11.8. The number of non-ortho nitro benzene ring substituents is 1. The first-order valence-corrected chi connectivity index (χ1v) is 6.32. The lowest BCUT2D eigenvalue weighted by molar-refractivity contribution is -0.384. The maximum atomic E-state index is 11.1. The lowest BCUT2D eigenvalue weighted by Gasteiger charge is -2.15. The van der Waals surface area contributed by atoms with E-state index in [1.165, 1.54) is 12.1 Å². The second-order valence-electron chi connectivity index (χ2n) is 5.19. The van der Waals surface area contributed by atoms with Crippen molar-refractivity contribution in [3.05, 3.63) is 33.9 Å². The molecule has 7 heteroatoms. The Morgan fingerprint density at radius 3 is 2.71 bits per heavy atom. The fourth-order valence-electron chi connectivity index (χ4n) is 1.68. The summed E-state index contributed by atoms with van der Waals surface area (Å²) in [5.74, 6) is -1.20. The highest BCUT2D eigenvalue weighted by molar-refractivity contribution is 5.91. The highest BCUT2D eigenvalue weighted by Gasteiger charge is 2.18. The minimum absolute atomic E-state index is 0.0860. The number of benzene rings is 1. The van der Waals surface area contributed by atoms with E-state index in [1.54, 1.807) is 0 Å². The minimum Gasteiger partial charge on any atom is -0.493 e. The van der Waals surface area contributed by atoms with Crippen molar-refractivity contribution in [2.45, 2.75) is 26.7 Å². The fraction of sp³-hybridized carbons (Fsp3) is 0.429. The molecule has 0 fully saturated rings. The van der Waals surface area contributed by atoms with Crippen LogP contribution in [0.15, 0.2) is 18.2 Å². The molecule has 112 valence electrons. The number of nitro benzene ring substituents is 1. The Balaban J connectivity index is 2.73. The number of ether oxygens (including phenoxy) is 1. The number of rotatable bonds is 7. The molecule has 0 spiro atoms. The summed E-state index contributed by atoms with van der Waals surface area (Å²) < 4.78 is 5.36. The van der Waals surface area contributed by atoms with E-state index >= 15 is 0 Å². The molecule has 1 N–H and O–H groups in total. The number of carboxylic acids is 1. The first kappa shape index (κ1) is 16.4. The zero-order chi connectivity index (χ0) is 16.0. The summed E-state index contributed by atoms with van der Waals surface area (Å²) in [5, 5.41) is 28.6. The number of hydrogen-bond acceptors (Lipinski definition) is 5. The largest absolute Gasteiger partial charge is 0.493 e. The Labute approximate surface area is 121 Å². The Kier molecular flexibility index (Phi) is 5.24. The zero-order valence-corrected chi connectivity index (χ0v) is 11.8. The van der Waals surface area contributed by atoms with E-state index in [2.05, 4.69) is 6.07 Å². The summed E-state index contributed by atoms with van der Waals surface area (Å²) in [4.78, 5) is 21.1. The van der Waals surface area contributed by atoms with Crippen LogP contribution in [0.5, 0.6) is 5.75 Å². The van der Waals surface area contributed by atoms with Gasteiger partial charge in [0.15, 0.2) is 0 Å². The predicted octanol–water partition coefficient (Wildman–Crippen LogP) is 3.00. The van der Waals surface area contributed by atoms with Gasteiger partial charge in [-0.2, -0.15) is 5.26 Å². The van der Waals surface area contributed by atoms with Crippen molar-refractivity contribution in [3.8, 4) is 11.8 Å². The maximum absolute atomic E-state index is 11.1. The van der Waals surface area contributed by atoms with E-state index in [4.69, 9.17) is 15.1 Å². The number of hydrogen-bond donors (Lipinski definition) is 1. The SMILES string of the molecule is CC(C)(C#N)CCCOc1ccc([N+](=O)[O-])cc1C(=O)O. The highest BCUT2D eigenvalue weighted by Crippen LogP contribution is 2.25. The van der Waals surface area contributed by atoms with Crippen LogP contribution < -0.4 is 4.74 Å². The van der Waals surface area contributed by atoms with E-state index in [0.29, 0.717) is 12.8 Å². The number of carbonyl (C=O) groups is 1. The number of nitro groups is 1. The molecule has 0 unspecified atom stereocenters. The van der Waals surface area contributed by atoms with E-state index in [9.17, 15) is 14.9 Å². The topological polar surface area (TPSA) is 113 Å². The standard InChI is InChI=1S/C14H16N2O5/c1-14(2,9-15)6-3-7-21-12-5-4-10(16(19)20)8-11(12)13(17)18/h4-5,8H,3,6-7H2,1-2H3,(H,17,18). The van der Waals surface area contributed by atoms with Crippen LogP contribution in [-0.2, 0) is 0 Å². The quantitative estimate of drug-likeness (QED) is 0.469. The molecule has 0 heterocycles. The van der Waals surface area contributed by atoms with Gasteiger partial charge in [-0.15, -0.1) is 0 Å². The molecule has 21 heavy (non-hydrogen) atoms.